The summed E-state index contributed by atoms with van der Waals surface area (Å²) in [6, 6.07) is 12.2. The Morgan fingerprint density at radius 2 is 2.20 bits per heavy atom. The number of aliphatic hydroxyl groups is 1. The molecule has 2 heterocycles. The van der Waals surface area contributed by atoms with E-state index in [2.05, 4.69) is 27.8 Å². The number of hydrogen-bond donors (Lipinski definition) is 1. The molecule has 0 saturated carbocycles. The van der Waals surface area contributed by atoms with Crippen LogP contribution in [0.1, 0.15) is 17.5 Å². The smallest absolute Gasteiger partial charge is 0.145 e. The molecule has 0 fully saturated rings. The Kier molecular flexibility index (Phi) is 4.51. The molecule has 4 rings (SSSR count). The van der Waals surface area contributed by atoms with E-state index in [4.69, 9.17) is 4.74 Å². The number of aromatic nitrogens is 2. The van der Waals surface area contributed by atoms with E-state index in [-0.39, 0.29) is 6.61 Å². The second-order valence-corrected chi connectivity index (χ2v) is 7.14. The Labute approximate surface area is 151 Å². The van der Waals surface area contributed by atoms with Gasteiger partial charge in [-0.1, -0.05) is 24.3 Å². The first-order valence-corrected chi connectivity index (χ1v) is 9.37. The molecule has 0 saturated heterocycles. The summed E-state index contributed by atoms with van der Waals surface area (Å²) >= 11 is 1.92. The lowest BCUT2D eigenvalue weighted by molar-refractivity contribution is 0.281. The summed E-state index contributed by atoms with van der Waals surface area (Å²) in [5, 5.41) is 9.37. The predicted octanol–water partition coefficient (Wildman–Crippen LogP) is 4.08. The number of rotatable bonds is 4. The van der Waals surface area contributed by atoms with Crippen LogP contribution in [0.3, 0.4) is 0 Å². The van der Waals surface area contributed by atoms with Crippen molar-refractivity contribution in [1.29, 1.82) is 0 Å². The highest BCUT2D eigenvalue weighted by atomic mass is 32.2. The normalized spacial score (nSPS) is 13.5. The van der Waals surface area contributed by atoms with Crippen LogP contribution in [0.2, 0.25) is 0 Å². The minimum atomic E-state index is -0.00371. The highest BCUT2D eigenvalue weighted by Crippen LogP contribution is 2.39. The Hall–Kier alpha value is -2.24. The molecule has 1 N–H and O–H groups in total. The molecule has 128 valence electrons. The molecule has 4 nitrogen and oxygen atoms in total. The average Bonchev–Trinajstić information content (AvgIpc) is 3.16. The number of thioether (sulfide) groups is 1. The molecule has 1 aromatic heterocycles. The van der Waals surface area contributed by atoms with Gasteiger partial charge in [-0.3, -0.25) is 4.57 Å². The number of nitrogens with zero attached hydrogens (tertiary/aromatic N) is 2. The van der Waals surface area contributed by atoms with Gasteiger partial charge in [0.15, 0.2) is 0 Å². The highest BCUT2D eigenvalue weighted by molar-refractivity contribution is 7.99. The standard InChI is InChI=1S/C20H20N2O2S/c1-24-18-12-14(13-23)7-8-17(18)22-10-9-21-20(22)16-6-2-4-15-5-3-11-25-19(15)16/h2,4,6-10,12,23H,3,5,11,13H2,1H3. The number of aryl methyl sites for hydroxylation is 1. The lowest BCUT2D eigenvalue weighted by Crippen LogP contribution is -2.04. The largest absolute Gasteiger partial charge is 0.495 e. The number of methoxy groups -OCH3 is 1. The number of benzene rings is 2. The molecule has 0 spiro atoms. The Morgan fingerprint density at radius 1 is 1.28 bits per heavy atom. The van der Waals surface area contributed by atoms with E-state index < -0.39 is 0 Å². The monoisotopic (exact) mass is 352 g/mol. The SMILES string of the molecule is COc1cc(CO)ccc1-n1ccnc1-c1cccc2c1SCCC2. The molecule has 0 amide bonds. The maximum absolute atomic E-state index is 9.37. The van der Waals surface area contributed by atoms with Crippen LogP contribution in [-0.4, -0.2) is 27.5 Å². The average molecular weight is 352 g/mol. The Bertz CT molecular complexity index is 904. The van der Waals surface area contributed by atoms with E-state index in [1.165, 1.54) is 22.4 Å². The number of aliphatic hydroxyl groups excluding tert-OH is 1. The van der Waals surface area contributed by atoms with Gasteiger partial charge in [0, 0.05) is 22.9 Å². The first-order valence-electron chi connectivity index (χ1n) is 8.38. The second-order valence-electron chi connectivity index (χ2n) is 6.03. The maximum Gasteiger partial charge on any atom is 0.145 e. The van der Waals surface area contributed by atoms with Crippen molar-refractivity contribution in [2.75, 3.05) is 12.9 Å². The van der Waals surface area contributed by atoms with Crippen LogP contribution in [0.25, 0.3) is 17.1 Å². The van der Waals surface area contributed by atoms with Gasteiger partial charge in [-0.05, 0) is 41.9 Å². The van der Waals surface area contributed by atoms with Gasteiger partial charge >= 0.3 is 0 Å². The van der Waals surface area contributed by atoms with Crippen molar-refractivity contribution in [1.82, 2.24) is 9.55 Å². The quantitative estimate of drug-likeness (QED) is 0.769. The van der Waals surface area contributed by atoms with Crippen LogP contribution >= 0.6 is 11.8 Å². The van der Waals surface area contributed by atoms with Gasteiger partial charge < -0.3 is 9.84 Å². The van der Waals surface area contributed by atoms with Gasteiger partial charge in [-0.2, -0.15) is 0 Å². The summed E-state index contributed by atoms with van der Waals surface area (Å²) < 4.78 is 7.61. The number of hydrogen-bond acceptors (Lipinski definition) is 4. The van der Waals surface area contributed by atoms with E-state index in [1.807, 2.05) is 42.4 Å². The molecule has 1 aliphatic rings. The molecule has 0 aliphatic carbocycles. The maximum atomic E-state index is 9.37. The van der Waals surface area contributed by atoms with Crippen molar-refractivity contribution < 1.29 is 9.84 Å². The van der Waals surface area contributed by atoms with Crippen molar-refractivity contribution in [3.8, 4) is 22.8 Å². The first kappa shape index (κ1) is 16.2. The highest BCUT2D eigenvalue weighted by Gasteiger charge is 2.19. The Morgan fingerprint density at radius 3 is 3.04 bits per heavy atom. The summed E-state index contributed by atoms with van der Waals surface area (Å²) in [7, 11) is 1.65. The summed E-state index contributed by atoms with van der Waals surface area (Å²) in [5.41, 5.74) is 4.33. The minimum absolute atomic E-state index is 0.00371. The lowest BCUT2D eigenvalue weighted by Gasteiger charge is -2.19. The molecule has 3 aromatic rings. The van der Waals surface area contributed by atoms with Crippen LogP contribution in [-0.2, 0) is 13.0 Å². The van der Waals surface area contributed by atoms with Gasteiger partial charge in [0.25, 0.3) is 0 Å². The number of ether oxygens (including phenoxy) is 1. The fourth-order valence-electron chi connectivity index (χ4n) is 3.28. The second kappa shape index (κ2) is 6.94. The molecular formula is C20H20N2O2S. The first-order chi connectivity index (χ1) is 12.3. The lowest BCUT2D eigenvalue weighted by atomic mass is 10.1. The van der Waals surface area contributed by atoms with Crippen molar-refractivity contribution in [2.24, 2.45) is 0 Å². The van der Waals surface area contributed by atoms with Gasteiger partial charge in [-0.15, -0.1) is 11.8 Å². The molecule has 0 unspecified atom stereocenters. The zero-order valence-electron chi connectivity index (χ0n) is 14.1. The molecule has 1 aliphatic heterocycles. The number of imidazole rings is 1. The molecule has 0 radical (unpaired) electrons. The fourth-order valence-corrected chi connectivity index (χ4v) is 4.44. The van der Waals surface area contributed by atoms with Crippen LogP contribution in [0.4, 0.5) is 0 Å². The van der Waals surface area contributed by atoms with Crippen molar-refractivity contribution in [2.45, 2.75) is 24.3 Å². The van der Waals surface area contributed by atoms with Gasteiger partial charge in [0.2, 0.25) is 0 Å². The van der Waals surface area contributed by atoms with Gasteiger partial charge in [-0.25, -0.2) is 4.98 Å². The van der Waals surface area contributed by atoms with E-state index >= 15 is 0 Å². The van der Waals surface area contributed by atoms with E-state index in [1.54, 1.807) is 7.11 Å². The zero-order valence-corrected chi connectivity index (χ0v) is 14.9. The molecule has 0 bridgehead atoms. The van der Waals surface area contributed by atoms with Crippen LogP contribution in [0.5, 0.6) is 5.75 Å². The third-order valence-electron chi connectivity index (χ3n) is 4.50. The van der Waals surface area contributed by atoms with E-state index in [0.717, 1.165) is 35.0 Å². The van der Waals surface area contributed by atoms with Gasteiger partial charge in [0.05, 0.1) is 19.4 Å². The molecular weight excluding hydrogens is 332 g/mol. The minimum Gasteiger partial charge on any atom is -0.495 e. The van der Waals surface area contributed by atoms with Crippen molar-refractivity contribution >= 4 is 11.8 Å². The molecule has 5 heteroatoms. The summed E-state index contributed by atoms with van der Waals surface area (Å²) in [4.78, 5) is 5.97. The summed E-state index contributed by atoms with van der Waals surface area (Å²) in [5.74, 6) is 2.80. The van der Waals surface area contributed by atoms with Crippen LogP contribution < -0.4 is 4.74 Å². The summed E-state index contributed by atoms with van der Waals surface area (Å²) in [6.45, 7) is -0.00371. The van der Waals surface area contributed by atoms with Gasteiger partial charge in [0.1, 0.15) is 11.6 Å². The van der Waals surface area contributed by atoms with Crippen LogP contribution in [0.15, 0.2) is 53.7 Å². The van der Waals surface area contributed by atoms with E-state index in [9.17, 15) is 5.11 Å². The zero-order chi connectivity index (χ0) is 17.2. The van der Waals surface area contributed by atoms with Crippen molar-refractivity contribution in [3.05, 3.63) is 59.9 Å². The van der Waals surface area contributed by atoms with Crippen molar-refractivity contribution in [3.63, 3.8) is 0 Å². The number of fused-ring (bicyclic) bond motifs is 1. The molecule has 25 heavy (non-hydrogen) atoms. The fraction of sp³-hybridized carbons (Fsp3) is 0.250. The predicted molar refractivity (Wildman–Crippen MR) is 101 cm³/mol. The van der Waals surface area contributed by atoms with Crippen LogP contribution in [0, 0.1) is 0 Å². The molecule has 2 aromatic carbocycles. The molecule has 0 atom stereocenters. The Balaban J connectivity index is 1.86. The summed E-state index contributed by atoms with van der Waals surface area (Å²) in [6.07, 6.45) is 6.14. The topological polar surface area (TPSA) is 47.3 Å². The third-order valence-corrected chi connectivity index (χ3v) is 5.76. The van der Waals surface area contributed by atoms with E-state index in [0.29, 0.717) is 0 Å². The third kappa shape index (κ3) is 2.94.